The SMILES string of the molecule is CC1CCC(C2CCC(C3CCC(C4CCC(C)CC4)CC3)CC2)CC1.O.O. The monoisotopic (exact) mass is 394 g/mol. The second-order valence-corrected chi connectivity index (χ2v) is 11.4. The van der Waals surface area contributed by atoms with E-state index in [2.05, 4.69) is 13.8 Å². The van der Waals surface area contributed by atoms with E-state index in [9.17, 15) is 0 Å². The van der Waals surface area contributed by atoms with Crippen LogP contribution in [-0.2, 0) is 0 Å². The molecule has 4 rings (SSSR count). The van der Waals surface area contributed by atoms with Crippen LogP contribution < -0.4 is 0 Å². The Morgan fingerprint density at radius 1 is 0.286 bits per heavy atom. The van der Waals surface area contributed by atoms with E-state index in [4.69, 9.17) is 0 Å². The summed E-state index contributed by atoms with van der Waals surface area (Å²) in [7, 11) is 0. The van der Waals surface area contributed by atoms with Crippen LogP contribution in [0.3, 0.4) is 0 Å². The van der Waals surface area contributed by atoms with Gasteiger partial charge in [-0.1, -0.05) is 39.5 Å². The van der Waals surface area contributed by atoms with Crippen molar-refractivity contribution in [3.05, 3.63) is 0 Å². The van der Waals surface area contributed by atoms with E-state index in [0.717, 1.165) is 47.3 Å². The van der Waals surface area contributed by atoms with Gasteiger partial charge in [0.2, 0.25) is 0 Å². The van der Waals surface area contributed by atoms with E-state index in [1.54, 1.807) is 77.0 Å². The van der Waals surface area contributed by atoms with Gasteiger partial charge in [-0.05, 0) is 124 Å². The van der Waals surface area contributed by atoms with Crippen molar-refractivity contribution in [2.45, 2.75) is 117 Å². The lowest BCUT2D eigenvalue weighted by molar-refractivity contribution is 0.0876. The zero-order valence-corrected chi connectivity index (χ0v) is 18.9. The van der Waals surface area contributed by atoms with Crippen LogP contribution in [0.15, 0.2) is 0 Å². The Bertz CT molecular complexity index is 364. The molecule has 0 unspecified atom stereocenters. The van der Waals surface area contributed by atoms with Gasteiger partial charge in [0.25, 0.3) is 0 Å². The highest BCUT2D eigenvalue weighted by Crippen LogP contribution is 2.48. The molecule has 0 saturated heterocycles. The van der Waals surface area contributed by atoms with Crippen LogP contribution in [0.4, 0.5) is 0 Å². The van der Waals surface area contributed by atoms with E-state index in [1.807, 2.05) is 0 Å². The van der Waals surface area contributed by atoms with Gasteiger partial charge in [0.05, 0.1) is 0 Å². The molecule has 4 fully saturated rings. The lowest BCUT2D eigenvalue weighted by atomic mass is 9.63. The molecule has 4 aliphatic rings. The van der Waals surface area contributed by atoms with Crippen LogP contribution in [0.25, 0.3) is 0 Å². The van der Waals surface area contributed by atoms with Crippen molar-refractivity contribution >= 4 is 0 Å². The lowest BCUT2D eigenvalue weighted by Gasteiger charge is -2.42. The summed E-state index contributed by atoms with van der Waals surface area (Å²) >= 11 is 0. The maximum Gasteiger partial charge on any atom is -0.0386 e. The first-order valence-electron chi connectivity index (χ1n) is 12.7. The molecule has 0 aromatic rings. The highest BCUT2D eigenvalue weighted by atomic mass is 16.0. The molecule has 0 heterocycles. The maximum atomic E-state index is 2.47. The summed E-state index contributed by atoms with van der Waals surface area (Å²) in [6, 6.07) is 0. The molecule has 0 atom stereocenters. The first-order chi connectivity index (χ1) is 12.7. The second-order valence-electron chi connectivity index (χ2n) is 11.4. The minimum Gasteiger partial charge on any atom is -0.412 e. The lowest BCUT2D eigenvalue weighted by Crippen LogP contribution is -2.31. The molecule has 0 aliphatic heterocycles. The number of hydrogen-bond donors (Lipinski definition) is 0. The molecule has 28 heavy (non-hydrogen) atoms. The van der Waals surface area contributed by atoms with Crippen molar-refractivity contribution < 1.29 is 11.0 Å². The van der Waals surface area contributed by atoms with Crippen molar-refractivity contribution in [2.75, 3.05) is 0 Å². The molecule has 4 saturated carbocycles. The Hall–Kier alpha value is -0.0800. The van der Waals surface area contributed by atoms with Crippen LogP contribution in [-0.4, -0.2) is 11.0 Å². The Kier molecular flexibility index (Phi) is 9.81. The smallest absolute Gasteiger partial charge is 0.0386 e. The predicted octanol–water partition coefficient (Wildman–Crippen LogP) is 6.60. The van der Waals surface area contributed by atoms with Crippen molar-refractivity contribution in [3.63, 3.8) is 0 Å². The minimum atomic E-state index is 0. The molecule has 0 amide bonds. The zero-order chi connectivity index (χ0) is 17.9. The Labute approximate surface area is 175 Å². The van der Waals surface area contributed by atoms with Crippen molar-refractivity contribution in [1.29, 1.82) is 0 Å². The molecule has 166 valence electrons. The molecule has 4 N–H and O–H groups in total. The largest absolute Gasteiger partial charge is 0.412 e. The summed E-state index contributed by atoms with van der Waals surface area (Å²) in [6.07, 6.45) is 25.0. The standard InChI is InChI=1S/C26H46.2H2O/c1-19-3-7-21(8-4-19)23-11-15-25(16-12-23)26-17-13-24(14-18-26)22-9-5-20(2)6-10-22;;/h19-26H,3-18H2,1-2H3;2*1H2. The van der Waals surface area contributed by atoms with E-state index < -0.39 is 0 Å². The van der Waals surface area contributed by atoms with Crippen LogP contribution in [0.5, 0.6) is 0 Å². The second kappa shape index (κ2) is 11.3. The molecule has 2 nitrogen and oxygen atoms in total. The zero-order valence-electron chi connectivity index (χ0n) is 18.9. The summed E-state index contributed by atoms with van der Waals surface area (Å²) < 4.78 is 0. The topological polar surface area (TPSA) is 63.0 Å². The van der Waals surface area contributed by atoms with Gasteiger partial charge in [-0.25, -0.2) is 0 Å². The van der Waals surface area contributed by atoms with E-state index in [0.29, 0.717) is 0 Å². The van der Waals surface area contributed by atoms with E-state index in [-0.39, 0.29) is 11.0 Å². The van der Waals surface area contributed by atoms with Crippen LogP contribution in [0.1, 0.15) is 117 Å². The van der Waals surface area contributed by atoms with Crippen LogP contribution in [0, 0.1) is 47.3 Å². The number of hydrogen-bond acceptors (Lipinski definition) is 0. The van der Waals surface area contributed by atoms with Gasteiger partial charge in [-0.3, -0.25) is 0 Å². The van der Waals surface area contributed by atoms with Crippen molar-refractivity contribution in [3.8, 4) is 0 Å². The maximum absolute atomic E-state index is 2.47. The minimum absolute atomic E-state index is 0. The summed E-state index contributed by atoms with van der Waals surface area (Å²) in [4.78, 5) is 0. The van der Waals surface area contributed by atoms with Gasteiger partial charge >= 0.3 is 0 Å². The van der Waals surface area contributed by atoms with Crippen molar-refractivity contribution in [1.82, 2.24) is 0 Å². The summed E-state index contributed by atoms with van der Waals surface area (Å²) in [5.41, 5.74) is 0. The third-order valence-corrected chi connectivity index (χ3v) is 9.75. The highest BCUT2D eigenvalue weighted by molar-refractivity contribution is 4.87. The average molecular weight is 395 g/mol. The molecule has 0 bridgehead atoms. The highest BCUT2D eigenvalue weighted by Gasteiger charge is 2.36. The van der Waals surface area contributed by atoms with Gasteiger partial charge in [-0.15, -0.1) is 0 Å². The first-order valence-corrected chi connectivity index (χ1v) is 12.7. The summed E-state index contributed by atoms with van der Waals surface area (Å²) in [5.74, 6) is 8.70. The van der Waals surface area contributed by atoms with Gasteiger partial charge in [0, 0.05) is 0 Å². The molecule has 0 radical (unpaired) electrons. The summed E-state index contributed by atoms with van der Waals surface area (Å²) in [6.45, 7) is 4.94. The molecular weight excluding hydrogens is 344 g/mol. The van der Waals surface area contributed by atoms with Gasteiger partial charge in [0.1, 0.15) is 0 Å². The Balaban J connectivity index is 0.00000140. The molecule has 0 aromatic heterocycles. The number of rotatable bonds is 3. The molecule has 4 aliphatic carbocycles. The molecule has 2 heteroatoms. The predicted molar refractivity (Wildman–Crippen MR) is 120 cm³/mol. The van der Waals surface area contributed by atoms with E-state index in [1.165, 1.54) is 25.7 Å². The molecule has 0 aromatic carbocycles. The fourth-order valence-corrected chi connectivity index (χ4v) is 7.69. The van der Waals surface area contributed by atoms with Crippen molar-refractivity contribution in [2.24, 2.45) is 47.3 Å². The third kappa shape index (κ3) is 5.97. The Morgan fingerprint density at radius 2 is 0.429 bits per heavy atom. The summed E-state index contributed by atoms with van der Waals surface area (Å²) in [5, 5.41) is 0. The van der Waals surface area contributed by atoms with Gasteiger partial charge in [-0.2, -0.15) is 0 Å². The fourth-order valence-electron chi connectivity index (χ4n) is 7.69. The first kappa shape index (κ1) is 24.2. The normalized spacial score (nSPS) is 44.8. The van der Waals surface area contributed by atoms with Crippen LogP contribution >= 0.6 is 0 Å². The average Bonchev–Trinajstić information content (AvgIpc) is 2.70. The third-order valence-electron chi connectivity index (χ3n) is 9.75. The quantitative estimate of drug-likeness (QED) is 0.517. The fraction of sp³-hybridized carbons (Fsp3) is 1.00. The van der Waals surface area contributed by atoms with E-state index >= 15 is 0 Å². The van der Waals surface area contributed by atoms with Crippen LogP contribution in [0.2, 0.25) is 0 Å². The molecular formula is C26H50O2. The van der Waals surface area contributed by atoms with Gasteiger partial charge < -0.3 is 11.0 Å². The molecule has 0 spiro atoms. The van der Waals surface area contributed by atoms with Gasteiger partial charge in [0.15, 0.2) is 0 Å². The Morgan fingerprint density at radius 3 is 0.607 bits per heavy atom.